The zero-order chi connectivity index (χ0) is 13.3. The lowest BCUT2D eigenvalue weighted by atomic mass is 9.68. The molecule has 3 atom stereocenters. The third-order valence-corrected chi connectivity index (χ3v) is 4.43. The van der Waals surface area contributed by atoms with Gasteiger partial charge in [0.15, 0.2) is 0 Å². The predicted octanol–water partition coefficient (Wildman–Crippen LogP) is 3.67. The number of benzene rings is 1. The molecule has 2 heteroatoms. The molecular formula is C16H24O2. The van der Waals surface area contributed by atoms with Crippen molar-refractivity contribution in [1.29, 1.82) is 0 Å². The lowest BCUT2D eigenvalue weighted by molar-refractivity contribution is -0.0387. The van der Waals surface area contributed by atoms with Crippen LogP contribution in [0, 0.1) is 17.8 Å². The molecule has 1 aromatic rings. The molecule has 0 aromatic heterocycles. The Kier molecular flexibility index (Phi) is 3.67. The van der Waals surface area contributed by atoms with Crippen molar-refractivity contribution < 1.29 is 10.2 Å². The summed E-state index contributed by atoms with van der Waals surface area (Å²) in [5.41, 5.74) is 0.114. The number of aromatic hydroxyl groups is 1. The van der Waals surface area contributed by atoms with Crippen molar-refractivity contribution in [3.05, 3.63) is 29.8 Å². The molecule has 18 heavy (non-hydrogen) atoms. The zero-order valence-corrected chi connectivity index (χ0v) is 11.6. The van der Waals surface area contributed by atoms with Gasteiger partial charge in [0.2, 0.25) is 0 Å². The van der Waals surface area contributed by atoms with Crippen molar-refractivity contribution >= 4 is 0 Å². The van der Waals surface area contributed by atoms with Crippen LogP contribution in [0.5, 0.6) is 5.75 Å². The van der Waals surface area contributed by atoms with Crippen LogP contribution in [0.15, 0.2) is 24.3 Å². The van der Waals surface area contributed by atoms with Gasteiger partial charge in [-0.25, -0.2) is 0 Å². The molecule has 1 aromatic carbocycles. The fraction of sp³-hybridized carbons (Fsp3) is 0.625. The quantitative estimate of drug-likeness (QED) is 0.838. The van der Waals surface area contributed by atoms with Crippen LogP contribution in [0.25, 0.3) is 0 Å². The van der Waals surface area contributed by atoms with Gasteiger partial charge in [0, 0.05) is 0 Å². The van der Waals surface area contributed by atoms with Gasteiger partial charge >= 0.3 is 0 Å². The molecular weight excluding hydrogens is 224 g/mol. The third-order valence-electron chi connectivity index (χ3n) is 4.43. The highest BCUT2D eigenvalue weighted by Gasteiger charge is 2.38. The summed E-state index contributed by atoms with van der Waals surface area (Å²) in [4.78, 5) is 0. The Morgan fingerprint density at radius 1 is 1.00 bits per heavy atom. The van der Waals surface area contributed by atoms with Crippen LogP contribution in [0.4, 0.5) is 0 Å². The first-order chi connectivity index (χ1) is 8.39. The smallest absolute Gasteiger partial charge is 0.115 e. The summed E-state index contributed by atoms with van der Waals surface area (Å²) >= 11 is 0. The van der Waals surface area contributed by atoms with Crippen LogP contribution in [-0.2, 0) is 5.60 Å². The van der Waals surface area contributed by atoms with Gasteiger partial charge in [-0.15, -0.1) is 0 Å². The number of hydrogen-bond acceptors (Lipinski definition) is 2. The molecule has 1 saturated carbocycles. The molecule has 3 unspecified atom stereocenters. The fourth-order valence-electron chi connectivity index (χ4n) is 3.44. The van der Waals surface area contributed by atoms with Crippen LogP contribution in [0.3, 0.4) is 0 Å². The Bertz CT molecular complexity index is 384. The molecule has 2 N–H and O–H groups in total. The zero-order valence-electron chi connectivity index (χ0n) is 11.6. The number of phenols is 1. The SMILES string of the molecule is CC1CC(C)CC(C(C)(O)c2ccc(O)cc2)C1. The molecule has 1 fully saturated rings. The minimum Gasteiger partial charge on any atom is -0.508 e. The van der Waals surface area contributed by atoms with Crippen molar-refractivity contribution in [1.82, 2.24) is 0 Å². The summed E-state index contributed by atoms with van der Waals surface area (Å²) in [6.07, 6.45) is 3.43. The van der Waals surface area contributed by atoms with E-state index < -0.39 is 5.60 Å². The Hall–Kier alpha value is -1.02. The minimum absolute atomic E-state index is 0.250. The average molecular weight is 248 g/mol. The van der Waals surface area contributed by atoms with Crippen LogP contribution in [0.1, 0.15) is 45.6 Å². The molecule has 0 aliphatic heterocycles. The van der Waals surface area contributed by atoms with Crippen LogP contribution in [-0.4, -0.2) is 10.2 Å². The van der Waals surface area contributed by atoms with Gasteiger partial charge in [-0.1, -0.05) is 26.0 Å². The maximum absolute atomic E-state index is 10.9. The largest absolute Gasteiger partial charge is 0.508 e. The van der Waals surface area contributed by atoms with Gasteiger partial charge < -0.3 is 10.2 Å². The highest BCUT2D eigenvalue weighted by Crippen LogP contribution is 2.43. The lowest BCUT2D eigenvalue weighted by Gasteiger charge is -2.40. The maximum Gasteiger partial charge on any atom is 0.115 e. The van der Waals surface area contributed by atoms with Gasteiger partial charge in [0.05, 0.1) is 5.60 Å². The van der Waals surface area contributed by atoms with E-state index in [0.29, 0.717) is 17.8 Å². The summed E-state index contributed by atoms with van der Waals surface area (Å²) in [6.45, 7) is 6.46. The summed E-state index contributed by atoms with van der Waals surface area (Å²) in [5, 5.41) is 20.2. The van der Waals surface area contributed by atoms with Gasteiger partial charge in [-0.2, -0.15) is 0 Å². The van der Waals surface area contributed by atoms with Gasteiger partial charge in [-0.05, 0) is 61.6 Å². The molecule has 2 nitrogen and oxygen atoms in total. The first-order valence-electron chi connectivity index (χ1n) is 6.91. The first-order valence-corrected chi connectivity index (χ1v) is 6.91. The van der Waals surface area contributed by atoms with Gasteiger partial charge in [0.25, 0.3) is 0 Å². The summed E-state index contributed by atoms with van der Waals surface area (Å²) in [6, 6.07) is 6.97. The normalized spacial score (nSPS) is 31.9. The van der Waals surface area contributed by atoms with Gasteiger partial charge in [0.1, 0.15) is 5.75 Å². The molecule has 0 saturated heterocycles. The van der Waals surface area contributed by atoms with Crippen molar-refractivity contribution in [2.24, 2.45) is 17.8 Å². The maximum atomic E-state index is 10.9. The molecule has 0 spiro atoms. The second-order valence-electron chi connectivity index (χ2n) is 6.31. The van der Waals surface area contributed by atoms with Crippen LogP contribution >= 0.6 is 0 Å². The fourth-order valence-corrected chi connectivity index (χ4v) is 3.44. The van der Waals surface area contributed by atoms with E-state index >= 15 is 0 Å². The molecule has 0 heterocycles. The average Bonchev–Trinajstić information content (AvgIpc) is 2.28. The van der Waals surface area contributed by atoms with E-state index in [0.717, 1.165) is 18.4 Å². The summed E-state index contributed by atoms with van der Waals surface area (Å²) < 4.78 is 0. The molecule has 1 aliphatic carbocycles. The lowest BCUT2D eigenvalue weighted by Crippen LogP contribution is -2.37. The second kappa shape index (κ2) is 4.93. The van der Waals surface area contributed by atoms with E-state index in [2.05, 4.69) is 13.8 Å². The van der Waals surface area contributed by atoms with E-state index in [1.165, 1.54) is 6.42 Å². The molecule has 0 amide bonds. The summed E-state index contributed by atoms with van der Waals surface area (Å²) in [5.74, 6) is 1.92. The van der Waals surface area contributed by atoms with E-state index in [9.17, 15) is 10.2 Å². The predicted molar refractivity (Wildman–Crippen MR) is 73.3 cm³/mol. The monoisotopic (exact) mass is 248 g/mol. The number of phenolic OH excluding ortho intramolecular Hbond substituents is 1. The topological polar surface area (TPSA) is 40.5 Å². The Morgan fingerprint density at radius 3 is 2.00 bits per heavy atom. The van der Waals surface area contributed by atoms with Crippen LogP contribution < -0.4 is 0 Å². The van der Waals surface area contributed by atoms with E-state index in [1.54, 1.807) is 12.1 Å². The number of hydrogen-bond donors (Lipinski definition) is 2. The standard InChI is InChI=1S/C16H24O2/c1-11-8-12(2)10-14(9-11)16(3,18)13-4-6-15(17)7-5-13/h4-7,11-12,14,17-18H,8-10H2,1-3H3. The molecule has 1 aliphatic rings. The van der Waals surface area contributed by atoms with Crippen LogP contribution in [0.2, 0.25) is 0 Å². The highest BCUT2D eigenvalue weighted by molar-refractivity contribution is 5.30. The Balaban J connectivity index is 2.21. The molecule has 0 bridgehead atoms. The van der Waals surface area contributed by atoms with Crippen molar-refractivity contribution in [2.75, 3.05) is 0 Å². The summed E-state index contributed by atoms with van der Waals surface area (Å²) in [7, 11) is 0. The first kappa shape index (κ1) is 13.4. The van der Waals surface area contributed by atoms with Crippen molar-refractivity contribution in [3.8, 4) is 5.75 Å². The van der Waals surface area contributed by atoms with E-state index in [4.69, 9.17) is 0 Å². The third kappa shape index (κ3) is 2.69. The van der Waals surface area contributed by atoms with Gasteiger partial charge in [-0.3, -0.25) is 0 Å². The number of aliphatic hydroxyl groups is 1. The van der Waals surface area contributed by atoms with E-state index in [1.807, 2.05) is 19.1 Å². The Morgan fingerprint density at radius 2 is 1.50 bits per heavy atom. The molecule has 0 radical (unpaired) electrons. The minimum atomic E-state index is -0.795. The van der Waals surface area contributed by atoms with E-state index in [-0.39, 0.29) is 5.75 Å². The number of rotatable bonds is 2. The highest BCUT2D eigenvalue weighted by atomic mass is 16.3. The Labute approximate surface area is 110 Å². The molecule has 2 rings (SSSR count). The molecule has 100 valence electrons. The second-order valence-corrected chi connectivity index (χ2v) is 6.31. The van der Waals surface area contributed by atoms with Crippen molar-refractivity contribution in [2.45, 2.75) is 45.6 Å². The van der Waals surface area contributed by atoms with Crippen molar-refractivity contribution in [3.63, 3.8) is 0 Å².